The Kier molecular flexibility index (Phi) is 11.9. The smallest absolute Gasteiger partial charge is 0.810 e. The number of aryl methyl sites for hydroxylation is 1. The number of hydrogen-bond donors (Lipinski definition) is 2. The van der Waals surface area contributed by atoms with E-state index in [1.54, 1.807) is 6.07 Å². The Morgan fingerprint density at radius 3 is 2.04 bits per heavy atom. The van der Waals surface area contributed by atoms with Gasteiger partial charge in [-0.15, -0.1) is 0 Å². The Morgan fingerprint density at radius 2 is 1.65 bits per heavy atom. The zero-order valence-corrected chi connectivity index (χ0v) is 21.0. The number of benzene rings is 1. The SMILES string of the molecule is C[Si](C)(C)c1cccc(CCC(P(=O)([O-])[O-])P(=O)(O)O)c1.[Na+].[Na+]. The van der Waals surface area contributed by atoms with Crippen molar-refractivity contribution in [3.05, 3.63) is 29.8 Å². The Morgan fingerprint density at radius 1 is 1.13 bits per heavy atom. The molecule has 1 aromatic rings. The molecule has 23 heavy (non-hydrogen) atoms. The molecule has 0 saturated carbocycles. The minimum absolute atomic E-state index is 0. The van der Waals surface area contributed by atoms with Crippen molar-refractivity contribution in [1.82, 2.24) is 0 Å². The van der Waals surface area contributed by atoms with Crippen LogP contribution in [0.2, 0.25) is 19.6 Å². The normalized spacial score (nSPS) is 13.7. The summed E-state index contributed by atoms with van der Waals surface area (Å²) >= 11 is 0. The van der Waals surface area contributed by atoms with Gasteiger partial charge < -0.3 is 24.1 Å². The van der Waals surface area contributed by atoms with Gasteiger partial charge in [0.1, 0.15) is 0 Å². The summed E-state index contributed by atoms with van der Waals surface area (Å²) in [5, 5.41) is -0.985. The maximum absolute atomic E-state index is 11.2. The molecule has 11 heteroatoms. The van der Waals surface area contributed by atoms with E-state index in [-0.39, 0.29) is 72.0 Å². The van der Waals surface area contributed by atoms with E-state index in [0.29, 0.717) is 0 Å². The molecule has 0 bridgehead atoms. The predicted molar refractivity (Wildman–Crippen MR) is 81.2 cm³/mol. The first-order valence-electron chi connectivity index (χ1n) is 6.48. The van der Waals surface area contributed by atoms with E-state index in [9.17, 15) is 18.9 Å². The maximum atomic E-state index is 11.2. The molecule has 6 nitrogen and oxygen atoms in total. The Bertz CT molecular complexity index is 573. The molecule has 0 aliphatic rings. The maximum Gasteiger partial charge on any atom is 1.00 e. The molecule has 0 spiro atoms. The van der Waals surface area contributed by atoms with E-state index in [0.717, 1.165) is 5.56 Å². The molecule has 0 aliphatic carbocycles. The third kappa shape index (κ3) is 9.29. The molecular formula is C12H20Na2O6P2Si. The monoisotopic (exact) mass is 396 g/mol. The summed E-state index contributed by atoms with van der Waals surface area (Å²) in [6.45, 7) is 6.48. The van der Waals surface area contributed by atoms with E-state index in [2.05, 4.69) is 19.6 Å². The quantitative estimate of drug-likeness (QED) is 0.366. The molecule has 0 fully saturated rings. The van der Waals surface area contributed by atoms with E-state index in [4.69, 9.17) is 9.79 Å². The second kappa shape index (κ2) is 10.2. The fourth-order valence-corrected chi connectivity index (χ4v) is 5.60. The minimum atomic E-state index is -5.33. The number of hydrogen-bond acceptors (Lipinski definition) is 4. The van der Waals surface area contributed by atoms with E-state index >= 15 is 0 Å². The van der Waals surface area contributed by atoms with E-state index in [1.165, 1.54) is 5.19 Å². The topological polar surface area (TPSA) is 121 Å². The van der Waals surface area contributed by atoms with Gasteiger partial charge in [-0.05, 0) is 18.4 Å². The molecule has 1 rings (SSSR count). The van der Waals surface area contributed by atoms with Crippen molar-refractivity contribution < 1.29 is 87.8 Å². The second-order valence-electron chi connectivity index (χ2n) is 6.10. The first-order valence-corrected chi connectivity index (χ1v) is 13.3. The number of rotatable bonds is 6. The van der Waals surface area contributed by atoms with Crippen LogP contribution in [0.15, 0.2) is 24.3 Å². The van der Waals surface area contributed by atoms with Crippen LogP contribution < -0.4 is 74.1 Å². The van der Waals surface area contributed by atoms with Gasteiger partial charge >= 0.3 is 66.7 Å². The molecule has 1 aromatic carbocycles. The average molecular weight is 396 g/mol. The van der Waals surface area contributed by atoms with Gasteiger partial charge in [0.2, 0.25) is 0 Å². The van der Waals surface area contributed by atoms with Crippen molar-refractivity contribution in [2.45, 2.75) is 37.9 Å². The van der Waals surface area contributed by atoms with Crippen LogP contribution in [0.1, 0.15) is 12.0 Å². The fraction of sp³-hybridized carbons (Fsp3) is 0.500. The predicted octanol–water partition coefficient (Wildman–Crippen LogP) is -5.41. The van der Waals surface area contributed by atoms with E-state index in [1.807, 2.05) is 18.2 Å². The zero-order valence-electron chi connectivity index (χ0n) is 14.2. The molecule has 1 atom stereocenters. The molecule has 2 N–H and O–H groups in total. The first kappa shape index (κ1) is 27.0. The molecule has 1 unspecified atom stereocenters. The van der Waals surface area contributed by atoms with Crippen LogP contribution in [0.3, 0.4) is 0 Å². The summed E-state index contributed by atoms with van der Waals surface area (Å²) < 4.78 is 22.2. The van der Waals surface area contributed by atoms with Gasteiger partial charge in [-0.2, -0.15) is 0 Å². The van der Waals surface area contributed by atoms with Gasteiger partial charge in [-0.3, -0.25) is 4.57 Å². The van der Waals surface area contributed by atoms with Gasteiger partial charge in [0.25, 0.3) is 0 Å². The van der Waals surface area contributed by atoms with Crippen molar-refractivity contribution in [1.29, 1.82) is 0 Å². The van der Waals surface area contributed by atoms with Crippen molar-refractivity contribution >= 4 is 28.5 Å². The van der Waals surface area contributed by atoms with Crippen LogP contribution in [0.5, 0.6) is 0 Å². The van der Waals surface area contributed by atoms with Crippen molar-refractivity contribution in [2.24, 2.45) is 0 Å². The van der Waals surface area contributed by atoms with E-state index < -0.39 is 28.7 Å². The van der Waals surface area contributed by atoms with Crippen LogP contribution >= 0.6 is 15.2 Å². The molecule has 0 heterocycles. The molecule has 0 aromatic heterocycles. The molecule has 0 radical (unpaired) electrons. The zero-order chi connectivity index (χ0) is 16.5. The van der Waals surface area contributed by atoms with Crippen LogP contribution in [0.25, 0.3) is 0 Å². The molecule has 0 amide bonds. The summed E-state index contributed by atoms with van der Waals surface area (Å²) in [7, 11) is -11.8. The standard InChI is InChI=1S/C12H22O6P2Si.2Na/c1-21(2,3)11-6-4-5-10(9-11)7-8-12(19(13,14)15)20(16,17)18;;/h4-6,9,12H,7-8H2,1-3H3,(H2,13,14,15)(H2,16,17,18);;/q;2*+1/p-2. The fourth-order valence-electron chi connectivity index (χ4n) is 2.00. The largest absolute Gasteiger partial charge is 1.00 e. The Balaban J connectivity index is 0. The van der Waals surface area contributed by atoms with Crippen molar-refractivity contribution in [2.75, 3.05) is 0 Å². The van der Waals surface area contributed by atoms with Crippen LogP contribution in [-0.4, -0.2) is 23.3 Å². The van der Waals surface area contributed by atoms with Crippen LogP contribution in [0, 0.1) is 0 Å². The Hall–Kier alpha value is 1.74. The molecular weight excluding hydrogens is 376 g/mol. The van der Waals surface area contributed by atoms with Crippen LogP contribution in [-0.2, 0) is 15.6 Å². The van der Waals surface area contributed by atoms with Crippen molar-refractivity contribution in [3.63, 3.8) is 0 Å². The average Bonchev–Trinajstić information content (AvgIpc) is 2.24. The van der Waals surface area contributed by atoms with Gasteiger partial charge in [-0.1, -0.05) is 56.7 Å². The third-order valence-corrected chi connectivity index (χ3v) is 9.05. The van der Waals surface area contributed by atoms with Crippen LogP contribution in [0.4, 0.5) is 0 Å². The summed E-state index contributed by atoms with van der Waals surface area (Å²) in [6.07, 6.45) is -0.230. The molecule has 0 saturated heterocycles. The first-order chi connectivity index (χ1) is 9.32. The Labute approximate surface area is 182 Å². The van der Waals surface area contributed by atoms with Gasteiger partial charge in [0, 0.05) is 0 Å². The third-order valence-electron chi connectivity index (χ3n) is 3.24. The second-order valence-corrected chi connectivity index (χ2v) is 15.1. The summed E-state index contributed by atoms with van der Waals surface area (Å²) in [4.78, 5) is 40.1. The summed E-state index contributed by atoms with van der Waals surface area (Å²) in [5.74, 6) is 0. The van der Waals surface area contributed by atoms with Gasteiger partial charge in [0.05, 0.1) is 13.5 Å². The molecule has 120 valence electrons. The summed E-state index contributed by atoms with van der Waals surface area (Å²) in [5.41, 5.74) is 0.779. The molecule has 0 aliphatic heterocycles. The van der Waals surface area contributed by atoms with Gasteiger partial charge in [-0.25, -0.2) is 0 Å². The minimum Gasteiger partial charge on any atom is -0.810 e. The van der Waals surface area contributed by atoms with Gasteiger partial charge in [0.15, 0.2) is 0 Å². The van der Waals surface area contributed by atoms with Crippen molar-refractivity contribution in [3.8, 4) is 0 Å². The summed E-state index contributed by atoms with van der Waals surface area (Å²) in [6, 6.07) is 7.51.